The molecule has 0 bridgehead atoms. The van der Waals surface area contributed by atoms with Gasteiger partial charge in [0.25, 0.3) is 0 Å². The topological polar surface area (TPSA) is 98.0 Å². The predicted octanol–water partition coefficient (Wildman–Crippen LogP) is 6.95. The van der Waals surface area contributed by atoms with Crippen molar-refractivity contribution in [3.63, 3.8) is 0 Å². The summed E-state index contributed by atoms with van der Waals surface area (Å²) in [6, 6.07) is 13.6. The first kappa shape index (κ1) is 25.2. The number of fused-ring (bicyclic) bond motifs is 1. The van der Waals surface area contributed by atoms with Crippen molar-refractivity contribution >= 4 is 46.0 Å². The van der Waals surface area contributed by atoms with Crippen LogP contribution in [0.25, 0.3) is 16.6 Å². The summed E-state index contributed by atoms with van der Waals surface area (Å²) in [6.45, 7) is 0. The lowest BCUT2D eigenvalue weighted by molar-refractivity contribution is -0.274. The highest BCUT2D eigenvalue weighted by molar-refractivity contribution is 6.34. The van der Waals surface area contributed by atoms with E-state index in [-0.39, 0.29) is 33.8 Å². The Kier molecular flexibility index (Phi) is 6.75. The largest absolute Gasteiger partial charge is 0.573 e. The third-order valence-electron chi connectivity index (χ3n) is 4.97. The van der Waals surface area contributed by atoms with E-state index in [2.05, 4.69) is 4.74 Å². The quantitative estimate of drug-likeness (QED) is 0.263. The van der Waals surface area contributed by atoms with E-state index in [0.29, 0.717) is 15.6 Å². The molecule has 1 aromatic heterocycles. The Hall–Kier alpha value is -3.89. The van der Waals surface area contributed by atoms with Crippen molar-refractivity contribution in [2.24, 2.45) is 0 Å². The number of carbonyl (C=O) groups is 2. The number of nitrogens with zero attached hydrogens (tertiary/aromatic N) is 1. The number of aromatic carboxylic acids is 1. The van der Waals surface area contributed by atoms with Gasteiger partial charge in [0.1, 0.15) is 17.2 Å². The Balaban J connectivity index is 1.87. The number of hydrogen-bond acceptors (Lipinski definition) is 4. The lowest BCUT2D eigenvalue weighted by Gasteiger charge is -2.13. The summed E-state index contributed by atoms with van der Waals surface area (Å²) in [5.41, 5.74) is 0.146. The Labute approximate surface area is 210 Å². The molecular formula is C24H14Cl2F3NO6. The van der Waals surface area contributed by atoms with Gasteiger partial charge in [0.2, 0.25) is 0 Å². The summed E-state index contributed by atoms with van der Waals surface area (Å²) in [4.78, 5) is 23.8. The van der Waals surface area contributed by atoms with Crippen LogP contribution < -0.4 is 9.47 Å². The minimum atomic E-state index is -4.89. The number of carboxylic acids is 2. The number of ether oxygens (including phenoxy) is 2. The van der Waals surface area contributed by atoms with Gasteiger partial charge in [-0.05, 0) is 60.7 Å². The number of alkyl halides is 3. The van der Waals surface area contributed by atoms with Gasteiger partial charge in [0.05, 0.1) is 17.5 Å². The first-order valence-electron chi connectivity index (χ1n) is 10.0. The number of benzene rings is 3. The van der Waals surface area contributed by atoms with Crippen molar-refractivity contribution in [3.05, 3.63) is 82.0 Å². The average molecular weight is 540 g/mol. The monoisotopic (exact) mass is 539 g/mol. The van der Waals surface area contributed by atoms with Crippen molar-refractivity contribution in [2.45, 2.75) is 12.8 Å². The van der Waals surface area contributed by atoms with Crippen LogP contribution in [-0.4, -0.2) is 33.1 Å². The van der Waals surface area contributed by atoms with Crippen molar-refractivity contribution in [2.75, 3.05) is 0 Å². The maximum Gasteiger partial charge on any atom is 0.573 e. The molecule has 7 nitrogen and oxygen atoms in total. The van der Waals surface area contributed by atoms with Crippen LogP contribution in [0.4, 0.5) is 13.2 Å². The summed E-state index contributed by atoms with van der Waals surface area (Å²) in [5.74, 6) is -2.68. The molecule has 0 amide bonds. The highest BCUT2D eigenvalue weighted by atomic mass is 35.5. The van der Waals surface area contributed by atoms with E-state index in [4.69, 9.17) is 27.9 Å². The molecule has 0 aliphatic rings. The molecule has 12 heteroatoms. The number of halogens is 5. The van der Waals surface area contributed by atoms with E-state index >= 15 is 0 Å². The van der Waals surface area contributed by atoms with Crippen molar-refractivity contribution in [1.29, 1.82) is 0 Å². The molecule has 3 aromatic carbocycles. The first-order valence-corrected chi connectivity index (χ1v) is 10.8. The van der Waals surface area contributed by atoms with E-state index in [1.807, 2.05) is 0 Å². The summed E-state index contributed by atoms with van der Waals surface area (Å²) < 4.78 is 48.6. The van der Waals surface area contributed by atoms with Gasteiger partial charge in [-0.1, -0.05) is 23.2 Å². The Morgan fingerprint density at radius 2 is 1.47 bits per heavy atom. The Bertz CT molecular complexity index is 1460. The normalized spacial score (nSPS) is 11.5. The lowest BCUT2D eigenvalue weighted by atomic mass is 10.1. The maximum atomic E-state index is 12.5. The van der Waals surface area contributed by atoms with Crippen LogP contribution in [0.15, 0.2) is 60.7 Å². The van der Waals surface area contributed by atoms with Gasteiger partial charge >= 0.3 is 18.3 Å². The molecule has 2 N–H and O–H groups in total. The summed E-state index contributed by atoms with van der Waals surface area (Å²) >= 11 is 12.0. The number of rotatable bonds is 7. The molecular weight excluding hydrogens is 526 g/mol. The fraction of sp³-hybridized carbons (Fsp3) is 0.0833. The van der Waals surface area contributed by atoms with Crippen LogP contribution in [0.5, 0.6) is 17.2 Å². The highest BCUT2D eigenvalue weighted by Gasteiger charge is 2.31. The zero-order valence-electron chi connectivity index (χ0n) is 17.8. The first-order chi connectivity index (χ1) is 16.9. The molecule has 0 saturated heterocycles. The standard InChI is InChI=1S/C24H14Cl2F3NO6/c25-12-7-13(26)9-17(8-12)35-16-5-6-19-18(10-16)22(23(33)34)20(11-21(31)32)30(19)14-1-3-15(4-2-14)36-24(27,28)29/h1-10H,11H2,(H,31,32)(H,33,34). The van der Waals surface area contributed by atoms with Crippen LogP contribution in [0.3, 0.4) is 0 Å². The fourth-order valence-corrected chi connectivity index (χ4v) is 4.26. The molecule has 0 aliphatic carbocycles. The zero-order valence-corrected chi connectivity index (χ0v) is 19.4. The van der Waals surface area contributed by atoms with E-state index in [9.17, 15) is 33.0 Å². The molecule has 4 rings (SSSR count). The van der Waals surface area contributed by atoms with Gasteiger partial charge in [0, 0.05) is 26.8 Å². The Morgan fingerprint density at radius 1 is 0.861 bits per heavy atom. The smallest absolute Gasteiger partial charge is 0.481 e. The second kappa shape index (κ2) is 9.63. The molecule has 0 saturated carbocycles. The van der Waals surface area contributed by atoms with Gasteiger partial charge in [-0.15, -0.1) is 13.2 Å². The molecule has 0 spiro atoms. The van der Waals surface area contributed by atoms with Crippen molar-refractivity contribution < 1.29 is 42.4 Å². The molecule has 36 heavy (non-hydrogen) atoms. The van der Waals surface area contributed by atoms with E-state index in [0.717, 1.165) is 12.1 Å². The fourth-order valence-electron chi connectivity index (χ4n) is 3.75. The highest BCUT2D eigenvalue weighted by Crippen LogP contribution is 2.36. The zero-order chi connectivity index (χ0) is 26.2. The lowest BCUT2D eigenvalue weighted by Crippen LogP contribution is -2.17. The molecule has 0 unspecified atom stereocenters. The molecule has 0 radical (unpaired) electrons. The van der Waals surface area contributed by atoms with Crippen LogP contribution >= 0.6 is 23.2 Å². The second-order valence-electron chi connectivity index (χ2n) is 7.46. The summed E-state index contributed by atoms with van der Waals surface area (Å²) in [5, 5.41) is 20.2. The minimum Gasteiger partial charge on any atom is -0.481 e. The predicted molar refractivity (Wildman–Crippen MR) is 125 cm³/mol. The Morgan fingerprint density at radius 3 is 2.03 bits per heavy atom. The van der Waals surface area contributed by atoms with Gasteiger partial charge in [0.15, 0.2) is 0 Å². The molecule has 4 aromatic rings. The average Bonchev–Trinajstić information content (AvgIpc) is 3.05. The van der Waals surface area contributed by atoms with Gasteiger partial charge in [-0.2, -0.15) is 0 Å². The van der Waals surface area contributed by atoms with E-state index < -0.39 is 30.5 Å². The number of carboxylic acid groups (broad SMARTS) is 2. The molecule has 186 valence electrons. The third kappa shape index (κ3) is 5.50. The number of aromatic nitrogens is 1. The van der Waals surface area contributed by atoms with E-state index in [1.165, 1.54) is 53.1 Å². The molecule has 1 heterocycles. The SMILES string of the molecule is O=C(O)Cc1c(C(=O)O)c2cc(Oc3cc(Cl)cc(Cl)c3)ccc2n1-c1ccc(OC(F)(F)F)cc1. The molecule has 0 atom stereocenters. The van der Waals surface area contributed by atoms with Crippen LogP contribution in [0, 0.1) is 0 Å². The van der Waals surface area contributed by atoms with Gasteiger partial charge < -0.3 is 24.3 Å². The summed E-state index contributed by atoms with van der Waals surface area (Å²) in [6.07, 6.45) is -5.56. The third-order valence-corrected chi connectivity index (χ3v) is 5.41. The van der Waals surface area contributed by atoms with Crippen molar-refractivity contribution in [3.8, 4) is 22.9 Å². The van der Waals surface area contributed by atoms with Crippen LogP contribution in [-0.2, 0) is 11.2 Å². The van der Waals surface area contributed by atoms with Gasteiger partial charge in [-0.3, -0.25) is 4.79 Å². The maximum absolute atomic E-state index is 12.5. The molecule has 0 aliphatic heterocycles. The molecule has 0 fully saturated rings. The van der Waals surface area contributed by atoms with Crippen molar-refractivity contribution in [1.82, 2.24) is 4.57 Å². The van der Waals surface area contributed by atoms with E-state index in [1.54, 1.807) is 0 Å². The van der Waals surface area contributed by atoms with Crippen LogP contribution in [0.1, 0.15) is 16.1 Å². The minimum absolute atomic E-state index is 0.0857. The second-order valence-corrected chi connectivity index (χ2v) is 8.33. The van der Waals surface area contributed by atoms with Gasteiger partial charge in [-0.25, -0.2) is 4.79 Å². The number of hydrogen-bond donors (Lipinski definition) is 2. The summed E-state index contributed by atoms with van der Waals surface area (Å²) in [7, 11) is 0. The van der Waals surface area contributed by atoms with Crippen LogP contribution in [0.2, 0.25) is 10.0 Å². The number of aliphatic carboxylic acids is 1.